The number of aliphatic hydroxyl groups excluding tert-OH is 1. The fourth-order valence-electron chi connectivity index (χ4n) is 3.45. The molecule has 0 saturated carbocycles. The number of hydrogen-bond acceptors (Lipinski definition) is 8. The fourth-order valence-corrected chi connectivity index (χ4v) is 4.36. The Morgan fingerprint density at radius 2 is 2.07 bits per heavy atom. The Morgan fingerprint density at radius 3 is 2.72 bits per heavy atom. The number of aromatic nitrogens is 3. The molecule has 8 nitrogen and oxygen atoms in total. The summed E-state index contributed by atoms with van der Waals surface area (Å²) in [5.41, 5.74) is 12.4. The topological polar surface area (TPSA) is 118 Å². The molecule has 1 saturated heterocycles. The zero-order chi connectivity index (χ0) is 20.7. The lowest BCUT2D eigenvalue weighted by Gasteiger charge is -2.21. The molecular formula is C18H21F2N7OS. The predicted molar refractivity (Wildman–Crippen MR) is 108 cm³/mol. The first-order valence-corrected chi connectivity index (χ1v) is 9.84. The summed E-state index contributed by atoms with van der Waals surface area (Å²) in [5.74, 6) is -0.702. The summed E-state index contributed by atoms with van der Waals surface area (Å²) in [5, 5.41) is 18.1. The summed E-state index contributed by atoms with van der Waals surface area (Å²) in [6, 6.07) is 3.64. The molecular weight excluding hydrogens is 400 g/mol. The van der Waals surface area contributed by atoms with Crippen molar-refractivity contribution in [1.29, 1.82) is 0 Å². The highest BCUT2D eigenvalue weighted by atomic mass is 32.1. The van der Waals surface area contributed by atoms with Gasteiger partial charge in [0, 0.05) is 26.2 Å². The van der Waals surface area contributed by atoms with Gasteiger partial charge in [-0.25, -0.2) is 13.8 Å². The van der Waals surface area contributed by atoms with Crippen molar-refractivity contribution in [3.05, 3.63) is 41.7 Å². The van der Waals surface area contributed by atoms with Crippen LogP contribution in [0, 0.1) is 11.6 Å². The number of aryl methyl sites for hydroxylation is 1. The van der Waals surface area contributed by atoms with E-state index in [0.29, 0.717) is 12.2 Å². The van der Waals surface area contributed by atoms with Crippen molar-refractivity contribution in [3.8, 4) is 10.6 Å². The lowest BCUT2D eigenvalue weighted by molar-refractivity contribution is 0.205. The van der Waals surface area contributed by atoms with E-state index < -0.39 is 17.9 Å². The minimum Gasteiger partial charge on any atom is -0.389 e. The van der Waals surface area contributed by atoms with Gasteiger partial charge in [-0.3, -0.25) is 4.68 Å². The maximum absolute atomic E-state index is 14.1. The van der Waals surface area contributed by atoms with Gasteiger partial charge in [0.15, 0.2) is 6.23 Å². The molecule has 1 aromatic carbocycles. The zero-order valence-electron chi connectivity index (χ0n) is 15.6. The molecule has 1 fully saturated rings. The number of nitrogens with zero attached hydrogens (tertiary/aromatic N) is 4. The first-order chi connectivity index (χ1) is 13.8. The number of thiazole rings is 1. The van der Waals surface area contributed by atoms with E-state index in [-0.39, 0.29) is 27.3 Å². The number of hydrogen-bond donors (Lipinski definition) is 4. The summed E-state index contributed by atoms with van der Waals surface area (Å²) in [6.07, 6.45) is 1.17. The van der Waals surface area contributed by atoms with Crippen LogP contribution >= 0.6 is 11.3 Å². The molecule has 0 spiro atoms. The second-order valence-corrected chi connectivity index (χ2v) is 7.94. The van der Waals surface area contributed by atoms with Gasteiger partial charge in [-0.1, -0.05) is 17.4 Å². The third kappa shape index (κ3) is 3.63. The van der Waals surface area contributed by atoms with Crippen LogP contribution in [0.25, 0.3) is 10.6 Å². The molecule has 2 aromatic heterocycles. The maximum atomic E-state index is 14.1. The first-order valence-electron chi connectivity index (χ1n) is 9.03. The largest absolute Gasteiger partial charge is 0.389 e. The van der Waals surface area contributed by atoms with Crippen molar-refractivity contribution in [1.82, 2.24) is 14.8 Å². The van der Waals surface area contributed by atoms with Crippen molar-refractivity contribution in [2.24, 2.45) is 12.8 Å². The molecule has 1 aliphatic heterocycles. The van der Waals surface area contributed by atoms with Crippen LogP contribution in [-0.2, 0) is 7.05 Å². The average molecular weight is 421 g/mol. The smallest absolute Gasteiger partial charge is 0.171 e. The van der Waals surface area contributed by atoms with Gasteiger partial charge in [0.05, 0.1) is 17.4 Å². The molecule has 154 valence electrons. The maximum Gasteiger partial charge on any atom is 0.171 e. The van der Waals surface area contributed by atoms with E-state index in [9.17, 15) is 13.9 Å². The quantitative estimate of drug-likeness (QED) is 0.466. The van der Waals surface area contributed by atoms with Crippen LogP contribution < -0.4 is 21.7 Å². The van der Waals surface area contributed by atoms with Gasteiger partial charge in [0.2, 0.25) is 0 Å². The number of rotatable bonds is 5. The average Bonchev–Trinajstić information content (AvgIpc) is 3.34. The number of nitrogen functional groups attached to an aromatic ring is 1. The predicted octanol–water partition coefficient (Wildman–Crippen LogP) is 2.04. The van der Waals surface area contributed by atoms with Gasteiger partial charge >= 0.3 is 0 Å². The van der Waals surface area contributed by atoms with Crippen molar-refractivity contribution in [3.63, 3.8) is 0 Å². The van der Waals surface area contributed by atoms with Crippen LogP contribution in [0.4, 0.5) is 25.3 Å². The minimum absolute atomic E-state index is 0.0610. The molecule has 2 atom stereocenters. The molecule has 29 heavy (non-hydrogen) atoms. The Hall–Kier alpha value is -2.76. The van der Waals surface area contributed by atoms with Crippen LogP contribution in [0.1, 0.15) is 18.3 Å². The molecule has 11 heteroatoms. The van der Waals surface area contributed by atoms with Gasteiger partial charge in [-0.15, -0.1) is 0 Å². The van der Waals surface area contributed by atoms with E-state index in [1.807, 2.05) is 0 Å². The normalized spacial score (nSPS) is 17.7. The van der Waals surface area contributed by atoms with E-state index in [4.69, 9.17) is 11.5 Å². The van der Waals surface area contributed by atoms with Gasteiger partial charge in [-0.2, -0.15) is 5.10 Å². The standard InChI is InChI=1S/C18H21F2N7OS/c1-26-18(27-6-5-9(21)8-27)12(7-23-26)24-16(28)14-15(22)29-17(25-14)13-10(19)3-2-4-11(13)20/h2-4,7,9,16,24,28H,5-6,8,21-22H2,1H3/t9-,16?/m0/s1. The van der Waals surface area contributed by atoms with Gasteiger partial charge in [0.25, 0.3) is 0 Å². The molecule has 4 rings (SSSR count). The van der Waals surface area contributed by atoms with Crippen LogP contribution in [-0.4, -0.2) is 39.0 Å². The Balaban J connectivity index is 1.61. The van der Waals surface area contributed by atoms with E-state index >= 15 is 0 Å². The number of nitrogens with two attached hydrogens (primary N) is 2. The number of halogens is 2. The van der Waals surface area contributed by atoms with Crippen molar-refractivity contribution < 1.29 is 13.9 Å². The summed E-state index contributed by atoms with van der Waals surface area (Å²) in [4.78, 5) is 6.26. The number of aliphatic hydroxyl groups is 1. The van der Waals surface area contributed by atoms with Gasteiger partial charge in [-0.05, 0) is 18.6 Å². The summed E-state index contributed by atoms with van der Waals surface area (Å²) in [6.45, 7) is 1.46. The molecule has 0 radical (unpaired) electrons. The number of benzene rings is 1. The third-order valence-electron chi connectivity index (χ3n) is 4.84. The Labute approximate surface area is 169 Å². The highest BCUT2D eigenvalue weighted by Crippen LogP contribution is 2.37. The van der Waals surface area contributed by atoms with E-state index in [0.717, 1.165) is 42.3 Å². The molecule has 0 aliphatic carbocycles. The van der Waals surface area contributed by atoms with E-state index in [1.54, 1.807) is 17.9 Å². The van der Waals surface area contributed by atoms with E-state index in [2.05, 4.69) is 20.3 Å². The highest BCUT2D eigenvalue weighted by Gasteiger charge is 2.27. The molecule has 0 amide bonds. The van der Waals surface area contributed by atoms with Crippen LogP contribution in [0.15, 0.2) is 24.4 Å². The Kier molecular flexibility index (Phi) is 5.11. The SMILES string of the molecule is Cn1ncc(NC(O)c2nc(-c3c(F)cccc3F)sc2N)c1N1CC[C@H](N)C1. The Bertz CT molecular complexity index is 1020. The van der Waals surface area contributed by atoms with Crippen LogP contribution in [0.2, 0.25) is 0 Å². The third-order valence-corrected chi connectivity index (χ3v) is 5.76. The molecule has 3 aromatic rings. The highest BCUT2D eigenvalue weighted by molar-refractivity contribution is 7.18. The number of anilines is 3. The minimum atomic E-state index is -1.28. The summed E-state index contributed by atoms with van der Waals surface area (Å²) >= 11 is 0.909. The van der Waals surface area contributed by atoms with Crippen molar-refractivity contribution >= 4 is 27.8 Å². The van der Waals surface area contributed by atoms with Crippen LogP contribution in [0.5, 0.6) is 0 Å². The second kappa shape index (κ2) is 7.58. The number of nitrogens with one attached hydrogen (secondary N) is 1. The Morgan fingerprint density at radius 1 is 1.34 bits per heavy atom. The van der Waals surface area contributed by atoms with E-state index in [1.165, 1.54) is 6.07 Å². The molecule has 1 unspecified atom stereocenters. The molecule has 0 bridgehead atoms. The zero-order valence-corrected chi connectivity index (χ0v) is 16.5. The molecule has 1 aliphatic rings. The lowest BCUT2D eigenvalue weighted by atomic mass is 10.2. The van der Waals surface area contributed by atoms with Gasteiger partial charge < -0.3 is 26.8 Å². The van der Waals surface area contributed by atoms with Crippen molar-refractivity contribution in [2.75, 3.05) is 29.0 Å². The molecule has 6 N–H and O–H groups in total. The summed E-state index contributed by atoms with van der Waals surface area (Å²) < 4.78 is 29.8. The van der Waals surface area contributed by atoms with Crippen LogP contribution in [0.3, 0.4) is 0 Å². The molecule has 3 heterocycles. The van der Waals surface area contributed by atoms with Crippen molar-refractivity contribution in [2.45, 2.75) is 18.7 Å². The van der Waals surface area contributed by atoms with Gasteiger partial charge in [0.1, 0.15) is 33.2 Å². The summed E-state index contributed by atoms with van der Waals surface area (Å²) in [7, 11) is 1.80. The fraction of sp³-hybridized carbons (Fsp3) is 0.333. The second-order valence-electron chi connectivity index (χ2n) is 6.91. The monoisotopic (exact) mass is 421 g/mol. The first kappa shape index (κ1) is 19.6. The lowest BCUT2D eigenvalue weighted by Crippen LogP contribution is -2.28.